The summed E-state index contributed by atoms with van der Waals surface area (Å²) in [6, 6.07) is 19.2. The highest BCUT2D eigenvalue weighted by Crippen LogP contribution is 2.26. The predicted molar refractivity (Wildman–Crippen MR) is 129 cm³/mol. The molecule has 2 aromatic carbocycles. The van der Waals surface area contributed by atoms with Gasteiger partial charge in [-0.15, -0.1) is 6.42 Å². The number of pyridine rings is 1. The van der Waals surface area contributed by atoms with Crippen LogP contribution >= 0.6 is 0 Å². The smallest absolute Gasteiger partial charge is 0.256 e. The molecular formula is C28H27N3O2. The third kappa shape index (κ3) is 4.80. The van der Waals surface area contributed by atoms with Crippen LogP contribution in [0.1, 0.15) is 50.0 Å². The summed E-state index contributed by atoms with van der Waals surface area (Å²) < 4.78 is 0. The second-order valence-electron chi connectivity index (χ2n) is 8.12. The zero-order valence-electron chi connectivity index (χ0n) is 18.8. The van der Waals surface area contributed by atoms with Gasteiger partial charge < -0.3 is 9.80 Å². The number of rotatable bonds is 6. The lowest BCUT2D eigenvalue weighted by atomic mass is 9.93. The molecule has 0 radical (unpaired) electrons. The molecule has 5 heteroatoms. The fourth-order valence-electron chi connectivity index (χ4n) is 4.32. The molecule has 2 amide bonds. The van der Waals surface area contributed by atoms with Crippen molar-refractivity contribution in [2.24, 2.45) is 0 Å². The Labute approximate surface area is 195 Å². The van der Waals surface area contributed by atoms with Crippen molar-refractivity contribution < 1.29 is 9.59 Å². The van der Waals surface area contributed by atoms with Gasteiger partial charge in [-0.1, -0.05) is 55.3 Å². The van der Waals surface area contributed by atoms with E-state index in [1.54, 1.807) is 17.2 Å². The highest BCUT2D eigenvalue weighted by molar-refractivity contribution is 5.98. The van der Waals surface area contributed by atoms with Gasteiger partial charge in [0.25, 0.3) is 11.8 Å². The predicted octanol–water partition coefficient (Wildman–Crippen LogP) is 4.12. The number of fused-ring (bicyclic) bond motifs is 1. The molecule has 0 spiro atoms. The second-order valence-corrected chi connectivity index (χ2v) is 8.12. The van der Waals surface area contributed by atoms with Crippen molar-refractivity contribution in [3.63, 3.8) is 0 Å². The lowest BCUT2D eigenvalue weighted by molar-refractivity contribution is 0.0715. The summed E-state index contributed by atoms with van der Waals surface area (Å²) in [5.74, 6) is 2.46. The van der Waals surface area contributed by atoms with Crippen LogP contribution < -0.4 is 0 Å². The Morgan fingerprint density at radius 3 is 2.61 bits per heavy atom. The number of amides is 2. The average Bonchev–Trinajstić information content (AvgIpc) is 2.87. The van der Waals surface area contributed by atoms with E-state index in [-0.39, 0.29) is 18.4 Å². The molecule has 0 saturated carbocycles. The summed E-state index contributed by atoms with van der Waals surface area (Å²) in [5, 5.41) is 0. The number of hydrogen-bond donors (Lipinski definition) is 0. The maximum atomic E-state index is 13.6. The Balaban J connectivity index is 1.62. The van der Waals surface area contributed by atoms with Gasteiger partial charge in [0.2, 0.25) is 0 Å². The van der Waals surface area contributed by atoms with Crippen molar-refractivity contribution in [3.8, 4) is 12.3 Å². The Bertz CT molecular complexity index is 1200. The van der Waals surface area contributed by atoms with Crippen molar-refractivity contribution in [1.29, 1.82) is 0 Å². The molecule has 1 aliphatic heterocycles. The van der Waals surface area contributed by atoms with E-state index in [4.69, 9.17) is 6.42 Å². The number of terminal acetylenes is 1. The number of benzene rings is 2. The fourth-order valence-corrected chi connectivity index (χ4v) is 4.32. The molecule has 3 aromatic rings. The van der Waals surface area contributed by atoms with Crippen LogP contribution in [0.15, 0.2) is 66.9 Å². The number of aromatic nitrogens is 1. The van der Waals surface area contributed by atoms with Crippen LogP contribution in [0.4, 0.5) is 0 Å². The molecule has 33 heavy (non-hydrogen) atoms. The summed E-state index contributed by atoms with van der Waals surface area (Å²) in [6.07, 6.45) is 8.70. The van der Waals surface area contributed by atoms with Crippen molar-refractivity contribution in [2.45, 2.75) is 32.9 Å². The van der Waals surface area contributed by atoms with Crippen molar-refractivity contribution >= 4 is 11.8 Å². The van der Waals surface area contributed by atoms with E-state index in [0.717, 1.165) is 22.4 Å². The number of hydrogen-bond acceptors (Lipinski definition) is 3. The topological polar surface area (TPSA) is 53.5 Å². The largest absolute Gasteiger partial charge is 0.334 e. The van der Waals surface area contributed by atoms with Crippen LogP contribution in [0, 0.1) is 12.3 Å². The number of aryl methyl sites for hydroxylation is 1. The molecule has 0 atom stereocenters. The summed E-state index contributed by atoms with van der Waals surface area (Å²) in [6.45, 7) is 3.65. The molecule has 4 rings (SSSR count). The third-order valence-corrected chi connectivity index (χ3v) is 6.03. The zero-order valence-corrected chi connectivity index (χ0v) is 18.8. The van der Waals surface area contributed by atoms with Gasteiger partial charge in [-0.05, 0) is 47.7 Å². The summed E-state index contributed by atoms with van der Waals surface area (Å²) in [7, 11) is 0. The molecule has 0 aliphatic carbocycles. The molecule has 0 N–H and O–H groups in total. The standard InChI is InChI=1S/C28H27N3O2/c1-3-17-30(19-21-10-6-5-7-11-21)27(32)23-13-8-12-22-15-18-31(20-25(22)23)28(33)24-14-9-16-29-26(24)4-2/h1,5-14,16H,4,15,17-20H2,2H3. The van der Waals surface area contributed by atoms with Gasteiger partial charge in [-0.2, -0.15) is 0 Å². The molecular weight excluding hydrogens is 410 g/mol. The van der Waals surface area contributed by atoms with E-state index in [0.29, 0.717) is 43.6 Å². The van der Waals surface area contributed by atoms with Gasteiger partial charge in [-0.25, -0.2) is 0 Å². The van der Waals surface area contributed by atoms with Gasteiger partial charge in [0.15, 0.2) is 0 Å². The highest BCUT2D eigenvalue weighted by Gasteiger charge is 2.28. The van der Waals surface area contributed by atoms with E-state index in [2.05, 4.69) is 10.9 Å². The van der Waals surface area contributed by atoms with E-state index < -0.39 is 0 Å². The Morgan fingerprint density at radius 1 is 1.06 bits per heavy atom. The second kappa shape index (κ2) is 10.1. The average molecular weight is 438 g/mol. The van der Waals surface area contributed by atoms with Crippen LogP contribution in [0.2, 0.25) is 0 Å². The quantitative estimate of drug-likeness (QED) is 0.545. The first-order chi connectivity index (χ1) is 16.1. The number of nitrogens with zero attached hydrogens (tertiary/aromatic N) is 3. The number of carbonyl (C=O) groups excluding carboxylic acids is 2. The van der Waals surface area contributed by atoms with Crippen molar-refractivity contribution in [1.82, 2.24) is 14.8 Å². The molecule has 0 bridgehead atoms. The summed E-state index contributed by atoms with van der Waals surface area (Å²) >= 11 is 0. The van der Waals surface area contributed by atoms with E-state index in [1.807, 2.05) is 66.4 Å². The van der Waals surface area contributed by atoms with Crippen LogP contribution in [-0.2, 0) is 25.9 Å². The third-order valence-electron chi connectivity index (χ3n) is 6.03. The maximum Gasteiger partial charge on any atom is 0.256 e. The number of carbonyl (C=O) groups is 2. The first-order valence-electron chi connectivity index (χ1n) is 11.2. The first kappa shape index (κ1) is 22.3. The van der Waals surface area contributed by atoms with Gasteiger partial charge in [-0.3, -0.25) is 14.6 Å². The van der Waals surface area contributed by atoms with Gasteiger partial charge in [0.05, 0.1) is 17.8 Å². The van der Waals surface area contributed by atoms with Gasteiger partial charge >= 0.3 is 0 Å². The Morgan fingerprint density at radius 2 is 1.85 bits per heavy atom. The van der Waals surface area contributed by atoms with Gasteiger partial charge in [0, 0.05) is 31.4 Å². The van der Waals surface area contributed by atoms with Gasteiger partial charge in [0.1, 0.15) is 0 Å². The SMILES string of the molecule is C#CCN(Cc1ccccc1)C(=O)c1cccc2c1CN(C(=O)c1cccnc1CC)CC2. The Kier molecular flexibility index (Phi) is 6.85. The molecule has 2 heterocycles. The first-order valence-corrected chi connectivity index (χ1v) is 11.2. The molecule has 166 valence electrons. The van der Waals surface area contributed by atoms with Crippen molar-refractivity contribution in [3.05, 3.63) is 100 Å². The summed E-state index contributed by atoms with van der Waals surface area (Å²) in [4.78, 5) is 34.7. The van der Waals surface area contributed by atoms with Crippen LogP contribution in [0.3, 0.4) is 0 Å². The maximum absolute atomic E-state index is 13.6. The van der Waals surface area contributed by atoms with E-state index in [1.165, 1.54) is 0 Å². The van der Waals surface area contributed by atoms with E-state index in [9.17, 15) is 9.59 Å². The molecule has 5 nitrogen and oxygen atoms in total. The molecule has 0 saturated heterocycles. The lowest BCUT2D eigenvalue weighted by Crippen LogP contribution is -2.38. The minimum Gasteiger partial charge on any atom is -0.334 e. The van der Waals surface area contributed by atoms with Crippen LogP contribution in [-0.4, -0.2) is 39.7 Å². The normalized spacial score (nSPS) is 12.5. The zero-order chi connectivity index (χ0) is 23.2. The molecule has 1 aliphatic rings. The van der Waals surface area contributed by atoms with Crippen LogP contribution in [0.25, 0.3) is 0 Å². The summed E-state index contributed by atoms with van der Waals surface area (Å²) in [5.41, 5.74) is 5.06. The van der Waals surface area contributed by atoms with Crippen LogP contribution in [0.5, 0.6) is 0 Å². The lowest BCUT2D eigenvalue weighted by Gasteiger charge is -2.31. The molecule has 1 aromatic heterocycles. The van der Waals surface area contributed by atoms with E-state index >= 15 is 0 Å². The highest BCUT2D eigenvalue weighted by atomic mass is 16.2. The minimum atomic E-state index is -0.112. The molecule has 0 unspecified atom stereocenters. The fraction of sp³-hybridized carbons (Fsp3) is 0.250. The minimum absolute atomic E-state index is 0.0439. The Hall–Kier alpha value is -3.91. The molecule has 0 fully saturated rings. The monoisotopic (exact) mass is 437 g/mol. The van der Waals surface area contributed by atoms with Crippen molar-refractivity contribution in [2.75, 3.05) is 13.1 Å².